The number of fused-ring (bicyclic) bond motifs is 1. The zero-order chi connectivity index (χ0) is 13.1. The monoisotopic (exact) mass is 253 g/mol. The molecule has 0 amide bonds. The molecule has 5 nitrogen and oxygen atoms in total. The summed E-state index contributed by atoms with van der Waals surface area (Å²) in [7, 11) is 0. The van der Waals surface area contributed by atoms with Crippen molar-refractivity contribution >= 4 is 5.82 Å². The molecule has 1 aliphatic carbocycles. The average molecular weight is 253 g/mol. The number of H-pyrrole nitrogens is 1. The van der Waals surface area contributed by atoms with E-state index in [9.17, 15) is 5.26 Å². The Labute approximate surface area is 111 Å². The van der Waals surface area contributed by atoms with Gasteiger partial charge in [0.1, 0.15) is 17.7 Å². The highest BCUT2D eigenvalue weighted by molar-refractivity contribution is 5.55. The highest BCUT2D eigenvalue weighted by atomic mass is 15.0. The quantitative estimate of drug-likeness (QED) is 0.871. The molecule has 0 aliphatic heterocycles. The van der Waals surface area contributed by atoms with Gasteiger partial charge in [0.15, 0.2) is 0 Å². The Bertz CT molecular complexity index is 610. The first-order valence-electron chi connectivity index (χ1n) is 6.52. The third kappa shape index (κ3) is 2.43. The van der Waals surface area contributed by atoms with Crippen molar-refractivity contribution in [2.24, 2.45) is 0 Å². The molecule has 0 radical (unpaired) electrons. The summed E-state index contributed by atoms with van der Waals surface area (Å²) in [5, 5.41) is 12.4. The average Bonchev–Trinajstić information content (AvgIpc) is 3.08. The standard InChI is InChI=1S/C14H15N5/c15-9-11-8-10-2-1-3-12(10)19-14(11)18-5-4-13-16-6-7-17-13/h6-8H,1-5H2,(H,16,17)(H,18,19). The third-order valence-electron chi connectivity index (χ3n) is 3.38. The topological polar surface area (TPSA) is 77.4 Å². The first-order chi connectivity index (χ1) is 9.36. The van der Waals surface area contributed by atoms with E-state index < -0.39 is 0 Å². The number of anilines is 1. The van der Waals surface area contributed by atoms with Crippen molar-refractivity contribution in [1.82, 2.24) is 15.0 Å². The number of rotatable bonds is 4. The van der Waals surface area contributed by atoms with E-state index in [1.165, 1.54) is 5.56 Å². The Morgan fingerprint density at radius 2 is 2.37 bits per heavy atom. The smallest absolute Gasteiger partial charge is 0.144 e. The molecule has 0 bridgehead atoms. The summed E-state index contributed by atoms with van der Waals surface area (Å²) in [5.74, 6) is 1.64. The number of imidazole rings is 1. The van der Waals surface area contributed by atoms with Crippen molar-refractivity contribution < 1.29 is 0 Å². The van der Waals surface area contributed by atoms with E-state index in [4.69, 9.17) is 0 Å². The number of pyridine rings is 1. The van der Waals surface area contributed by atoms with Crippen molar-refractivity contribution in [2.75, 3.05) is 11.9 Å². The van der Waals surface area contributed by atoms with E-state index in [2.05, 4.69) is 26.3 Å². The van der Waals surface area contributed by atoms with Gasteiger partial charge in [0.05, 0.1) is 5.56 Å². The van der Waals surface area contributed by atoms with Crippen LogP contribution in [0.25, 0.3) is 0 Å². The number of hydrogen-bond donors (Lipinski definition) is 2. The fourth-order valence-electron chi connectivity index (χ4n) is 2.43. The number of nitriles is 1. The molecule has 3 rings (SSSR count). The minimum Gasteiger partial charge on any atom is -0.369 e. The van der Waals surface area contributed by atoms with Gasteiger partial charge < -0.3 is 10.3 Å². The molecule has 0 aromatic carbocycles. The van der Waals surface area contributed by atoms with Crippen LogP contribution in [0.4, 0.5) is 5.82 Å². The van der Waals surface area contributed by atoms with Crippen LogP contribution in [0.1, 0.15) is 29.1 Å². The van der Waals surface area contributed by atoms with E-state index in [0.717, 1.165) is 37.2 Å². The zero-order valence-corrected chi connectivity index (χ0v) is 10.6. The molecule has 0 spiro atoms. The molecule has 2 aromatic heterocycles. The van der Waals surface area contributed by atoms with Gasteiger partial charge in [-0.1, -0.05) is 0 Å². The molecular weight excluding hydrogens is 238 g/mol. The van der Waals surface area contributed by atoms with Crippen LogP contribution < -0.4 is 5.32 Å². The zero-order valence-electron chi connectivity index (χ0n) is 10.6. The van der Waals surface area contributed by atoms with Crippen LogP contribution in [0.5, 0.6) is 0 Å². The van der Waals surface area contributed by atoms with Gasteiger partial charge in [-0.25, -0.2) is 9.97 Å². The van der Waals surface area contributed by atoms with Crippen LogP contribution in [-0.2, 0) is 19.3 Å². The summed E-state index contributed by atoms with van der Waals surface area (Å²) in [5.41, 5.74) is 3.01. The van der Waals surface area contributed by atoms with Gasteiger partial charge in [0.25, 0.3) is 0 Å². The molecule has 96 valence electrons. The highest BCUT2D eigenvalue weighted by Crippen LogP contribution is 2.24. The van der Waals surface area contributed by atoms with Gasteiger partial charge in [-0.3, -0.25) is 0 Å². The summed E-state index contributed by atoms with van der Waals surface area (Å²) < 4.78 is 0. The van der Waals surface area contributed by atoms with Gasteiger partial charge in [-0.15, -0.1) is 0 Å². The third-order valence-corrected chi connectivity index (χ3v) is 3.38. The number of aromatic nitrogens is 3. The molecule has 0 saturated carbocycles. The van der Waals surface area contributed by atoms with Crippen LogP contribution in [0.15, 0.2) is 18.5 Å². The molecule has 0 fully saturated rings. The highest BCUT2D eigenvalue weighted by Gasteiger charge is 2.16. The predicted octanol–water partition coefficient (Wildman–Crippen LogP) is 1.82. The van der Waals surface area contributed by atoms with Crippen LogP contribution >= 0.6 is 0 Å². The Morgan fingerprint density at radius 1 is 1.42 bits per heavy atom. The second kappa shape index (κ2) is 5.11. The van der Waals surface area contributed by atoms with E-state index in [1.54, 1.807) is 6.20 Å². The molecule has 2 heterocycles. The van der Waals surface area contributed by atoms with Crippen molar-refractivity contribution in [2.45, 2.75) is 25.7 Å². The largest absolute Gasteiger partial charge is 0.369 e. The lowest BCUT2D eigenvalue weighted by atomic mass is 10.1. The first-order valence-corrected chi connectivity index (χ1v) is 6.52. The lowest BCUT2D eigenvalue weighted by Crippen LogP contribution is -2.10. The molecule has 2 aromatic rings. The summed E-state index contributed by atoms with van der Waals surface area (Å²) in [6.07, 6.45) is 7.55. The molecule has 0 saturated heterocycles. The molecule has 0 atom stereocenters. The van der Waals surface area contributed by atoms with Crippen LogP contribution in [0, 0.1) is 11.3 Å². The molecule has 19 heavy (non-hydrogen) atoms. The summed E-state index contributed by atoms with van der Waals surface area (Å²) in [6, 6.07) is 4.20. The minimum absolute atomic E-state index is 0.639. The minimum atomic E-state index is 0.639. The Kier molecular flexibility index (Phi) is 3.15. The molecule has 1 aliphatic rings. The normalized spacial score (nSPS) is 13.0. The van der Waals surface area contributed by atoms with E-state index >= 15 is 0 Å². The molecule has 0 unspecified atom stereocenters. The van der Waals surface area contributed by atoms with Crippen LogP contribution in [0.3, 0.4) is 0 Å². The molecule has 5 heteroatoms. The SMILES string of the molecule is N#Cc1cc2c(nc1NCCc1ncc[nH]1)CCC2. The van der Waals surface area contributed by atoms with Gasteiger partial charge in [-0.05, 0) is 30.9 Å². The number of nitrogens with one attached hydrogen (secondary N) is 2. The molecule has 2 N–H and O–H groups in total. The number of aromatic amines is 1. The number of hydrogen-bond acceptors (Lipinski definition) is 4. The lowest BCUT2D eigenvalue weighted by molar-refractivity contribution is 0.895. The van der Waals surface area contributed by atoms with E-state index in [-0.39, 0.29) is 0 Å². The summed E-state index contributed by atoms with van der Waals surface area (Å²) in [6.45, 7) is 0.716. The number of aryl methyl sites for hydroxylation is 2. The second-order valence-corrected chi connectivity index (χ2v) is 4.67. The van der Waals surface area contributed by atoms with E-state index in [0.29, 0.717) is 17.9 Å². The second-order valence-electron chi connectivity index (χ2n) is 4.67. The maximum Gasteiger partial charge on any atom is 0.144 e. The Hall–Kier alpha value is -2.35. The van der Waals surface area contributed by atoms with Gasteiger partial charge in [0.2, 0.25) is 0 Å². The van der Waals surface area contributed by atoms with Gasteiger partial charge in [0, 0.05) is 31.1 Å². The van der Waals surface area contributed by atoms with Crippen molar-refractivity contribution in [3.05, 3.63) is 41.1 Å². The maximum absolute atomic E-state index is 9.18. The first kappa shape index (κ1) is 11.7. The maximum atomic E-state index is 9.18. The van der Waals surface area contributed by atoms with Crippen molar-refractivity contribution in [3.8, 4) is 6.07 Å². The predicted molar refractivity (Wildman–Crippen MR) is 71.8 cm³/mol. The van der Waals surface area contributed by atoms with Gasteiger partial charge in [-0.2, -0.15) is 5.26 Å². The van der Waals surface area contributed by atoms with Crippen molar-refractivity contribution in [3.63, 3.8) is 0 Å². The van der Waals surface area contributed by atoms with E-state index in [1.807, 2.05) is 12.3 Å². The Morgan fingerprint density at radius 3 is 3.16 bits per heavy atom. The lowest BCUT2D eigenvalue weighted by Gasteiger charge is -2.09. The fourth-order valence-corrected chi connectivity index (χ4v) is 2.43. The number of nitrogens with zero attached hydrogens (tertiary/aromatic N) is 3. The molecular formula is C14H15N5. The summed E-state index contributed by atoms with van der Waals surface area (Å²) in [4.78, 5) is 11.8. The van der Waals surface area contributed by atoms with Crippen molar-refractivity contribution in [1.29, 1.82) is 5.26 Å². The van der Waals surface area contributed by atoms with Gasteiger partial charge >= 0.3 is 0 Å². The van der Waals surface area contributed by atoms with Crippen LogP contribution in [0.2, 0.25) is 0 Å². The Balaban J connectivity index is 1.72. The fraction of sp³-hybridized carbons (Fsp3) is 0.357. The summed E-state index contributed by atoms with van der Waals surface area (Å²) >= 11 is 0. The van der Waals surface area contributed by atoms with Crippen LogP contribution in [-0.4, -0.2) is 21.5 Å².